The zero-order chi connectivity index (χ0) is 23.5. The quantitative estimate of drug-likeness (QED) is 0.290. The van der Waals surface area contributed by atoms with Gasteiger partial charge in [-0.3, -0.25) is 0 Å². The van der Waals surface area contributed by atoms with Crippen LogP contribution in [0.15, 0.2) is 36.4 Å². The van der Waals surface area contributed by atoms with Crippen LogP contribution in [0.2, 0.25) is 0 Å². The van der Waals surface area contributed by atoms with Crippen molar-refractivity contribution in [1.82, 2.24) is 9.97 Å². The molecule has 4 heteroatoms. The van der Waals surface area contributed by atoms with Gasteiger partial charge in [0.25, 0.3) is 0 Å². The summed E-state index contributed by atoms with van der Waals surface area (Å²) in [6.07, 6.45) is 2.82. The normalized spacial score (nSPS) is 11.3. The van der Waals surface area contributed by atoms with Crippen LogP contribution < -0.4 is 9.47 Å². The number of ether oxygens (including phenoxy) is 2. The molecule has 0 atom stereocenters. The minimum atomic E-state index is 0.691. The first-order valence-corrected chi connectivity index (χ1v) is 12.0. The molecule has 0 amide bonds. The molecule has 0 N–H and O–H groups in total. The highest BCUT2D eigenvalue weighted by atomic mass is 16.5. The fraction of sp³-hybridized carbons (Fsp3) is 0.379. The molecule has 0 unspecified atom stereocenters. The molecule has 0 aliphatic carbocycles. The van der Waals surface area contributed by atoms with Crippen LogP contribution in [0, 0.1) is 27.7 Å². The lowest BCUT2D eigenvalue weighted by Gasteiger charge is -2.14. The van der Waals surface area contributed by atoms with Crippen molar-refractivity contribution in [3.05, 3.63) is 69.8 Å². The Balaban J connectivity index is 1.69. The van der Waals surface area contributed by atoms with Gasteiger partial charge in [-0.2, -0.15) is 0 Å². The largest absolute Gasteiger partial charge is 0.478 e. The monoisotopic (exact) mass is 442 g/mol. The molecule has 33 heavy (non-hydrogen) atoms. The standard InChI is InChI=1S/C29H34N2O2/c1-7-9-32-26-13-18(3)24-16-22(11-20(5)28(24)30-26)15-23-12-21(6)29-25(17-23)19(4)14-27(31-29)33-10-8-2/h11-14,16-17H,7-10,15H2,1-6H3. The number of hydrogen-bond donors (Lipinski definition) is 0. The molecule has 4 rings (SSSR count). The predicted molar refractivity (Wildman–Crippen MR) is 137 cm³/mol. The van der Waals surface area contributed by atoms with Crippen molar-refractivity contribution >= 4 is 21.8 Å². The van der Waals surface area contributed by atoms with E-state index in [0.29, 0.717) is 25.0 Å². The summed E-state index contributed by atoms with van der Waals surface area (Å²) in [5.74, 6) is 1.43. The van der Waals surface area contributed by atoms with E-state index in [-0.39, 0.29) is 0 Å². The van der Waals surface area contributed by atoms with Crippen molar-refractivity contribution in [1.29, 1.82) is 0 Å². The number of benzene rings is 2. The molecule has 2 heterocycles. The van der Waals surface area contributed by atoms with Crippen LogP contribution in [-0.4, -0.2) is 23.2 Å². The number of nitrogens with zero attached hydrogens (tertiary/aromatic N) is 2. The highest BCUT2D eigenvalue weighted by Gasteiger charge is 2.12. The Morgan fingerprint density at radius 2 is 1.00 bits per heavy atom. The lowest BCUT2D eigenvalue weighted by molar-refractivity contribution is 0.306. The molecule has 172 valence electrons. The Morgan fingerprint density at radius 3 is 1.39 bits per heavy atom. The van der Waals surface area contributed by atoms with Gasteiger partial charge in [-0.15, -0.1) is 0 Å². The number of aromatic nitrogens is 2. The summed E-state index contributed by atoms with van der Waals surface area (Å²) in [7, 11) is 0. The third-order valence-corrected chi connectivity index (χ3v) is 6.01. The lowest BCUT2D eigenvalue weighted by atomic mass is 9.95. The van der Waals surface area contributed by atoms with Crippen molar-refractivity contribution < 1.29 is 9.47 Å². The van der Waals surface area contributed by atoms with Crippen LogP contribution in [0.3, 0.4) is 0 Å². The molecule has 0 saturated heterocycles. The summed E-state index contributed by atoms with van der Waals surface area (Å²) in [5.41, 5.74) is 9.40. The van der Waals surface area contributed by atoms with E-state index in [4.69, 9.17) is 19.4 Å². The highest BCUT2D eigenvalue weighted by molar-refractivity contribution is 5.87. The summed E-state index contributed by atoms with van der Waals surface area (Å²) in [6.45, 7) is 14.2. The zero-order valence-corrected chi connectivity index (χ0v) is 20.7. The van der Waals surface area contributed by atoms with Crippen molar-refractivity contribution in [3.63, 3.8) is 0 Å². The molecule has 4 aromatic rings. The maximum absolute atomic E-state index is 5.79. The van der Waals surface area contributed by atoms with Gasteiger partial charge in [-0.05, 0) is 92.5 Å². The lowest BCUT2D eigenvalue weighted by Crippen LogP contribution is -2.01. The summed E-state index contributed by atoms with van der Waals surface area (Å²) < 4.78 is 11.6. The van der Waals surface area contributed by atoms with Gasteiger partial charge in [-0.25, -0.2) is 9.97 Å². The molecular formula is C29H34N2O2. The molecule has 0 spiro atoms. The fourth-order valence-corrected chi connectivity index (χ4v) is 4.42. The first-order chi connectivity index (χ1) is 15.9. The third kappa shape index (κ3) is 4.95. The second-order valence-corrected chi connectivity index (χ2v) is 9.05. The zero-order valence-electron chi connectivity index (χ0n) is 20.7. The molecule has 0 aliphatic heterocycles. The van der Waals surface area contributed by atoms with E-state index in [1.807, 2.05) is 0 Å². The summed E-state index contributed by atoms with van der Waals surface area (Å²) >= 11 is 0. The SMILES string of the molecule is CCCOc1cc(C)c2cc(Cc3cc(C)c4nc(OCCC)cc(C)c4c3)cc(C)c2n1. The van der Waals surface area contributed by atoms with Crippen LogP contribution in [0.25, 0.3) is 21.8 Å². The van der Waals surface area contributed by atoms with Crippen LogP contribution >= 0.6 is 0 Å². The van der Waals surface area contributed by atoms with E-state index in [0.717, 1.165) is 30.3 Å². The minimum Gasteiger partial charge on any atom is -0.478 e. The third-order valence-electron chi connectivity index (χ3n) is 6.01. The van der Waals surface area contributed by atoms with Crippen molar-refractivity contribution in [2.45, 2.75) is 60.8 Å². The molecule has 0 saturated carbocycles. The van der Waals surface area contributed by atoms with Crippen molar-refractivity contribution in [2.24, 2.45) is 0 Å². The molecule has 0 bridgehead atoms. The highest BCUT2D eigenvalue weighted by Crippen LogP contribution is 2.29. The molecule has 0 aliphatic rings. The van der Waals surface area contributed by atoms with Gasteiger partial charge < -0.3 is 9.47 Å². The number of aryl methyl sites for hydroxylation is 4. The second kappa shape index (κ2) is 9.78. The minimum absolute atomic E-state index is 0.691. The predicted octanol–water partition coefficient (Wildman–Crippen LogP) is 7.19. The number of fused-ring (bicyclic) bond motifs is 2. The first kappa shape index (κ1) is 23.0. The Morgan fingerprint density at radius 1 is 0.576 bits per heavy atom. The van der Waals surface area contributed by atoms with Crippen molar-refractivity contribution in [3.8, 4) is 11.8 Å². The van der Waals surface area contributed by atoms with Crippen LogP contribution in [0.4, 0.5) is 0 Å². The summed E-state index contributed by atoms with van der Waals surface area (Å²) in [4.78, 5) is 9.55. The fourth-order valence-electron chi connectivity index (χ4n) is 4.42. The van der Waals surface area contributed by atoms with E-state index in [1.165, 1.54) is 44.2 Å². The number of rotatable bonds is 8. The van der Waals surface area contributed by atoms with Gasteiger partial charge >= 0.3 is 0 Å². The molecule has 2 aromatic carbocycles. The first-order valence-electron chi connectivity index (χ1n) is 12.0. The molecule has 2 aromatic heterocycles. The van der Waals surface area contributed by atoms with E-state index in [2.05, 4.69) is 77.9 Å². The smallest absolute Gasteiger partial charge is 0.214 e. The van der Waals surface area contributed by atoms with E-state index in [1.54, 1.807) is 0 Å². The van der Waals surface area contributed by atoms with Gasteiger partial charge in [0.1, 0.15) is 0 Å². The second-order valence-electron chi connectivity index (χ2n) is 9.05. The molecule has 0 radical (unpaired) electrons. The van der Waals surface area contributed by atoms with E-state index in [9.17, 15) is 0 Å². The number of pyridine rings is 2. The average Bonchev–Trinajstić information content (AvgIpc) is 2.78. The Kier molecular flexibility index (Phi) is 6.83. The Bertz CT molecular complexity index is 1210. The van der Waals surface area contributed by atoms with Crippen LogP contribution in [-0.2, 0) is 6.42 Å². The summed E-state index contributed by atoms with van der Waals surface area (Å²) in [5, 5.41) is 2.39. The van der Waals surface area contributed by atoms with Gasteiger partial charge in [-0.1, -0.05) is 26.0 Å². The Hall–Kier alpha value is -3.14. The molecule has 4 nitrogen and oxygen atoms in total. The van der Waals surface area contributed by atoms with Crippen molar-refractivity contribution in [2.75, 3.05) is 13.2 Å². The van der Waals surface area contributed by atoms with Crippen LogP contribution in [0.5, 0.6) is 11.8 Å². The van der Waals surface area contributed by atoms with Gasteiger partial charge in [0.2, 0.25) is 11.8 Å². The molecule has 0 fully saturated rings. The maximum atomic E-state index is 5.79. The van der Waals surface area contributed by atoms with Crippen LogP contribution in [0.1, 0.15) is 60.1 Å². The topological polar surface area (TPSA) is 44.2 Å². The summed E-state index contributed by atoms with van der Waals surface area (Å²) in [6, 6.07) is 13.2. The molecular weight excluding hydrogens is 408 g/mol. The van der Waals surface area contributed by atoms with E-state index >= 15 is 0 Å². The average molecular weight is 443 g/mol. The number of hydrogen-bond acceptors (Lipinski definition) is 4. The Labute approximate surface area is 197 Å². The maximum Gasteiger partial charge on any atom is 0.214 e. The van der Waals surface area contributed by atoms with E-state index < -0.39 is 0 Å². The van der Waals surface area contributed by atoms with Gasteiger partial charge in [0, 0.05) is 22.9 Å². The van der Waals surface area contributed by atoms with Gasteiger partial charge in [0.05, 0.1) is 24.2 Å². The van der Waals surface area contributed by atoms with Gasteiger partial charge in [0.15, 0.2) is 0 Å².